The van der Waals surface area contributed by atoms with Crippen LogP contribution in [-0.4, -0.2) is 30.1 Å². The van der Waals surface area contributed by atoms with Gasteiger partial charge in [0.05, 0.1) is 16.6 Å². The Bertz CT molecular complexity index is 870. The molecule has 0 aliphatic carbocycles. The molecule has 0 aromatic heterocycles. The van der Waals surface area contributed by atoms with E-state index in [-0.39, 0.29) is 25.0 Å². The van der Waals surface area contributed by atoms with Crippen LogP contribution in [0, 0.1) is 5.92 Å². The molecule has 6 nitrogen and oxygen atoms in total. The number of likely N-dealkylation sites (tertiary alicyclic amines) is 1. The van der Waals surface area contributed by atoms with Crippen LogP contribution in [-0.2, 0) is 16.1 Å². The predicted octanol–water partition coefficient (Wildman–Crippen LogP) is 3.06. The van der Waals surface area contributed by atoms with Crippen LogP contribution >= 0.6 is 11.6 Å². The van der Waals surface area contributed by atoms with E-state index in [1.807, 2.05) is 18.2 Å². The molecule has 4 rings (SSSR count). The largest absolute Gasteiger partial charge is 0.454 e. The lowest BCUT2D eigenvalue weighted by Crippen LogP contribution is -2.28. The number of carbonyl (C=O) groups excluding carboxylic acids is 2. The van der Waals surface area contributed by atoms with E-state index in [4.69, 9.17) is 21.1 Å². The van der Waals surface area contributed by atoms with E-state index < -0.39 is 5.92 Å². The van der Waals surface area contributed by atoms with Crippen molar-refractivity contribution in [2.24, 2.45) is 5.92 Å². The molecule has 2 heterocycles. The van der Waals surface area contributed by atoms with Crippen molar-refractivity contribution in [3.8, 4) is 11.5 Å². The summed E-state index contributed by atoms with van der Waals surface area (Å²) in [4.78, 5) is 26.5. The average molecular weight is 373 g/mol. The highest BCUT2D eigenvalue weighted by Gasteiger charge is 2.34. The number of hydrogen-bond acceptors (Lipinski definition) is 4. The highest BCUT2D eigenvalue weighted by atomic mass is 35.5. The molecular weight excluding hydrogens is 356 g/mol. The lowest BCUT2D eigenvalue weighted by atomic mass is 10.1. The molecule has 0 radical (unpaired) electrons. The number of amides is 2. The van der Waals surface area contributed by atoms with Gasteiger partial charge in [-0.1, -0.05) is 29.8 Å². The first-order valence-electron chi connectivity index (χ1n) is 8.32. The average Bonchev–Trinajstić information content (AvgIpc) is 3.23. The number of nitrogens with one attached hydrogen (secondary N) is 1. The zero-order chi connectivity index (χ0) is 18.1. The second-order valence-electron chi connectivity index (χ2n) is 6.33. The first-order valence-corrected chi connectivity index (χ1v) is 8.69. The number of rotatable bonds is 4. The molecule has 1 N–H and O–H groups in total. The summed E-state index contributed by atoms with van der Waals surface area (Å²) in [6, 6.07) is 12.6. The standard InChI is InChI=1S/C19H17ClN2O4/c20-14-3-1-2-4-15(14)21-19(24)13-8-18(23)22(10-13)9-12-5-6-16-17(7-12)26-11-25-16/h1-7,13H,8-11H2,(H,21,24). The summed E-state index contributed by atoms with van der Waals surface area (Å²) in [7, 11) is 0. The minimum atomic E-state index is -0.396. The van der Waals surface area contributed by atoms with Crippen LogP contribution in [0.2, 0.25) is 5.02 Å². The molecule has 134 valence electrons. The number of fused-ring (bicyclic) bond motifs is 1. The van der Waals surface area contributed by atoms with Gasteiger partial charge < -0.3 is 19.7 Å². The van der Waals surface area contributed by atoms with Crippen molar-refractivity contribution in [2.75, 3.05) is 18.7 Å². The quantitative estimate of drug-likeness (QED) is 0.895. The maximum absolute atomic E-state index is 12.5. The fraction of sp³-hybridized carbons (Fsp3) is 0.263. The van der Waals surface area contributed by atoms with Crippen molar-refractivity contribution in [1.82, 2.24) is 4.90 Å². The molecule has 2 aromatic rings. The van der Waals surface area contributed by atoms with Gasteiger partial charge in [0.15, 0.2) is 11.5 Å². The Hall–Kier alpha value is -2.73. The van der Waals surface area contributed by atoms with Gasteiger partial charge in [-0.05, 0) is 29.8 Å². The number of ether oxygens (including phenoxy) is 2. The summed E-state index contributed by atoms with van der Waals surface area (Å²) in [6.07, 6.45) is 0.195. The Morgan fingerprint density at radius 3 is 2.85 bits per heavy atom. The number of benzene rings is 2. The summed E-state index contributed by atoms with van der Waals surface area (Å²) in [5.74, 6) is 0.759. The molecule has 1 atom stereocenters. The van der Waals surface area contributed by atoms with Gasteiger partial charge in [-0.3, -0.25) is 9.59 Å². The van der Waals surface area contributed by atoms with E-state index in [0.717, 1.165) is 5.56 Å². The summed E-state index contributed by atoms with van der Waals surface area (Å²) < 4.78 is 10.7. The second-order valence-corrected chi connectivity index (χ2v) is 6.74. The minimum Gasteiger partial charge on any atom is -0.454 e. The van der Waals surface area contributed by atoms with E-state index in [1.54, 1.807) is 29.2 Å². The van der Waals surface area contributed by atoms with Gasteiger partial charge >= 0.3 is 0 Å². The van der Waals surface area contributed by atoms with Gasteiger partial charge in [0.2, 0.25) is 18.6 Å². The number of hydrogen-bond donors (Lipinski definition) is 1. The molecule has 26 heavy (non-hydrogen) atoms. The van der Waals surface area contributed by atoms with Crippen molar-refractivity contribution >= 4 is 29.1 Å². The predicted molar refractivity (Wildman–Crippen MR) is 96.2 cm³/mol. The van der Waals surface area contributed by atoms with Gasteiger partial charge in [0.25, 0.3) is 0 Å². The molecule has 1 fully saturated rings. The lowest BCUT2D eigenvalue weighted by Gasteiger charge is -2.17. The molecule has 0 saturated carbocycles. The topological polar surface area (TPSA) is 67.9 Å². The van der Waals surface area contributed by atoms with Gasteiger partial charge in [0, 0.05) is 19.5 Å². The molecule has 0 spiro atoms. The normalized spacial score (nSPS) is 18.3. The summed E-state index contributed by atoms with van der Waals surface area (Å²) in [5.41, 5.74) is 1.50. The monoisotopic (exact) mass is 372 g/mol. The SMILES string of the molecule is O=C(Nc1ccccc1Cl)C1CC(=O)N(Cc2ccc3c(c2)OCO3)C1. The maximum atomic E-state index is 12.5. The Morgan fingerprint density at radius 2 is 2.00 bits per heavy atom. The number of para-hydroxylation sites is 1. The van der Waals surface area contributed by atoms with Crippen LogP contribution in [0.25, 0.3) is 0 Å². The lowest BCUT2D eigenvalue weighted by molar-refractivity contribution is -0.128. The van der Waals surface area contributed by atoms with Crippen molar-refractivity contribution in [1.29, 1.82) is 0 Å². The molecule has 2 amide bonds. The van der Waals surface area contributed by atoms with Crippen molar-refractivity contribution in [3.63, 3.8) is 0 Å². The minimum absolute atomic E-state index is 0.0398. The fourth-order valence-corrected chi connectivity index (χ4v) is 3.34. The first kappa shape index (κ1) is 16.7. The van der Waals surface area contributed by atoms with Crippen LogP contribution in [0.1, 0.15) is 12.0 Å². The number of anilines is 1. The van der Waals surface area contributed by atoms with Crippen LogP contribution in [0.5, 0.6) is 11.5 Å². The van der Waals surface area contributed by atoms with Crippen LogP contribution in [0.4, 0.5) is 5.69 Å². The van der Waals surface area contributed by atoms with Gasteiger partial charge in [-0.25, -0.2) is 0 Å². The zero-order valence-electron chi connectivity index (χ0n) is 13.9. The third kappa shape index (κ3) is 3.32. The van der Waals surface area contributed by atoms with Crippen LogP contribution in [0.15, 0.2) is 42.5 Å². The Labute approximate surface area is 155 Å². The Morgan fingerprint density at radius 1 is 1.19 bits per heavy atom. The van der Waals surface area contributed by atoms with Crippen molar-refractivity contribution in [2.45, 2.75) is 13.0 Å². The number of carbonyl (C=O) groups is 2. The summed E-state index contributed by atoms with van der Waals surface area (Å²) >= 11 is 6.07. The van der Waals surface area contributed by atoms with Gasteiger partial charge in [-0.2, -0.15) is 0 Å². The third-order valence-corrected chi connectivity index (χ3v) is 4.86. The maximum Gasteiger partial charge on any atom is 0.231 e. The molecule has 2 aliphatic rings. The Balaban J connectivity index is 1.40. The van der Waals surface area contributed by atoms with Gasteiger partial charge in [-0.15, -0.1) is 0 Å². The number of nitrogens with zero attached hydrogens (tertiary/aromatic N) is 1. The van der Waals surface area contributed by atoms with Crippen molar-refractivity contribution < 1.29 is 19.1 Å². The molecule has 1 unspecified atom stereocenters. The third-order valence-electron chi connectivity index (χ3n) is 4.53. The summed E-state index contributed by atoms with van der Waals surface area (Å²) in [5, 5.41) is 3.28. The highest BCUT2D eigenvalue weighted by Crippen LogP contribution is 2.33. The molecule has 0 bridgehead atoms. The smallest absolute Gasteiger partial charge is 0.231 e. The van der Waals surface area contributed by atoms with E-state index in [9.17, 15) is 9.59 Å². The summed E-state index contributed by atoms with van der Waals surface area (Å²) in [6.45, 7) is 1.03. The van der Waals surface area contributed by atoms with Crippen LogP contribution < -0.4 is 14.8 Å². The van der Waals surface area contributed by atoms with E-state index >= 15 is 0 Å². The van der Waals surface area contributed by atoms with E-state index in [2.05, 4.69) is 5.32 Å². The second kappa shape index (κ2) is 6.88. The fourth-order valence-electron chi connectivity index (χ4n) is 3.16. The molecular formula is C19H17ClN2O4. The Kier molecular flexibility index (Phi) is 4.42. The molecule has 1 saturated heterocycles. The van der Waals surface area contributed by atoms with Crippen molar-refractivity contribution in [3.05, 3.63) is 53.1 Å². The molecule has 2 aromatic carbocycles. The van der Waals surface area contributed by atoms with Crippen LogP contribution in [0.3, 0.4) is 0 Å². The van der Waals surface area contributed by atoms with E-state index in [1.165, 1.54) is 0 Å². The zero-order valence-corrected chi connectivity index (χ0v) is 14.7. The highest BCUT2D eigenvalue weighted by molar-refractivity contribution is 6.33. The number of halogens is 1. The molecule has 7 heteroatoms. The molecule has 2 aliphatic heterocycles. The van der Waals surface area contributed by atoms with Gasteiger partial charge in [0.1, 0.15) is 0 Å². The van der Waals surface area contributed by atoms with E-state index in [0.29, 0.717) is 35.3 Å². The first-order chi connectivity index (χ1) is 12.6.